The van der Waals surface area contributed by atoms with Gasteiger partial charge in [0, 0.05) is 0 Å². The van der Waals surface area contributed by atoms with Crippen molar-refractivity contribution in [3.8, 4) is 0 Å². The van der Waals surface area contributed by atoms with Gasteiger partial charge in [0.1, 0.15) is 0 Å². The standard InChI is InChI=1S/C9H14O/c1-2-7-3-6(1)4-8(7)9-5-10-9/h6-9H,1-5H2/t6?,7?,8?,9-/m1/s1. The van der Waals surface area contributed by atoms with Crippen LogP contribution < -0.4 is 0 Å². The number of fused-ring (bicyclic) bond motifs is 2. The van der Waals surface area contributed by atoms with Crippen LogP contribution in [0.5, 0.6) is 0 Å². The van der Waals surface area contributed by atoms with Gasteiger partial charge in [-0.15, -0.1) is 0 Å². The minimum atomic E-state index is 0.704. The van der Waals surface area contributed by atoms with E-state index in [9.17, 15) is 0 Å². The third-order valence-corrected chi connectivity index (χ3v) is 3.63. The highest BCUT2D eigenvalue weighted by Crippen LogP contribution is 2.51. The van der Waals surface area contributed by atoms with E-state index in [0.717, 1.165) is 24.4 Å². The minimum absolute atomic E-state index is 0.704. The summed E-state index contributed by atoms with van der Waals surface area (Å²) >= 11 is 0. The Morgan fingerprint density at radius 2 is 2.00 bits per heavy atom. The number of epoxide rings is 1. The van der Waals surface area contributed by atoms with Crippen LogP contribution in [0.15, 0.2) is 0 Å². The lowest BCUT2D eigenvalue weighted by atomic mass is 9.87. The summed E-state index contributed by atoms with van der Waals surface area (Å²) in [6, 6.07) is 0. The van der Waals surface area contributed by atoms with Crippen molar-refractivity contribution in [2.75, 3.05) is 6.61 Å². The van der Waals surface area contributed by atoms with Crippen LogP contribution in [0.3, 0.4) is 0 Å². The van der Waals surface area contributed by atoms with Gasteiger partial charge in [0.25, 0.3) is 0 Å². The molecule has 1 nitrogen and oxygen atoms in total. The van der Waals surface area contributed by atoms with E-state index in [-0.39, 0.29) is 0 Å². The van der Waals surface area contributed by atoms with Gasteiger partial charge in [-0.2, -0.15) is 0 Å². The predicted molar refractivity (Wildman–Crippen MR) is 38.7 cm³/mol. The molecule has 0 aromatic carbocycles. The highest BCUT2D eigenvalue weighted by atomic mass is 16.6. The Morgan fingerprint density at radius 3 is 2.50 bits per heavy atom. The molecule has 0 spiro atoms. The molecule has 3 rings (SSSR count). The molecular formula is C9H14O. The Bertz CT molecular complexity index is 151. The first-order chi connectivity index (χ1) is 4.93. The molecule has 1 aliphatic heterocycles. The normalized spacial score (nSPS) is 57.6. The molecule has 2 bridgehead atoms. The van der Waals surface area contributed by atoms with Crippen LogP contribution >= 0.6 is 0 Å². The largest absolute Gasteiger partial charge is 0.373 e. The fourth-order valence-corrected chi connectivity index (χ4v) is 3.05. The number of hydrogen-bond donors (Lipinski definition) is 0. The first-order valence-corrected chi connectivity index (χ1v) is 4.55. The highest BCUT2D eigenvalue weighted by Gasteiger charge is 2.47. The average molecular weight is 138 g/mol. The number of rotatable bonds is 1. The Labute approximate surface area is 61.8 Å². The number of hydrogen-bond acceptors (Lipinski definition) is 1. The Balaban J connectivity index is 1.77. The van der Waals surface area contributed by atoms with Gasteiger partial charge < -0.3 is 4.74 Å². The van der Waals surface area contributed by atoms with E-state index in [1.165, 1.54) is 25.7 Å². The quantitative estimate of drug-likeness (QED) is 0.503. The van der Waals surface area contributed by atoms with Gasteiger partial charge in [0.05, 0.1) is 12.7 Å². The van der Waals surface area contributed by atoms with Crippen LogP contribution in [0, 0.1) is 17.8 Å². The molecule has 56 valence electrons. The van der Waals surface area contributed by atoms with Crippen LogP contribution in [-0.4, -0.2) is 12.7 Å². The second kappa shape index (κ2) is 1.76. The van der Waals surface area contributed by atoms with Gasteiger partial charge in [-0.3, -0.25) is 0 Å². The molecule has 2 saturated carbocycles. The van der Waals surface area contributed by atoms with E-state index in [1.807, 2.05) is 0 Å². The van der Waals surface area contributed by atoms with E-state index in [0.29, 0.717) is 6.10 Å². The zero-order valence-electron chi connectivity index (χ0n) is 6.25. The smallest absolute Gasteiger partial charge is 0.0840 e. The molecule has 1 heterocycles. The van der Waals surface area contributed by atoms with Gasteiger partial charge >= 0.3 is 0 Å². The fourth-order valence-electron chi connectivity index (χ4n) is 3.05. The Kier molecular flexibility index (Phi) is 0.984. The summed E-state index contributed by atoms with van der Waals surface area (Å²) in [5.41, 5.74) is 0. The highest BCUT2D eigenvalue weighted by molar-refractivity contribution is 4.96. The molecule has 4 atom stereocenters. The molecule has 1 saturated heterocycles. The average Bonchev–Trinajstić information content (AvgIpc) is 2.60. The predicted octanol–water partition coefficient (Wildman–Crippen LogP) is 1.82. The summed E-state index contributed by atoms with van der Waals surface area (Å²) in [4.78, 5) is 0. The van der Waals surface area contributed by atoms with Crippen molar-refractivity contribution in [2.45, 2.75) is 31.8 Å². The summed E-state index contributed by atoms with van der Waals surface area (Å²) in [6.07, 6.45) is 6.76. The second-order valence-corrected chi connectivity index (χ2v) is 4.21. The van der Waals surface area contributed by atoms with Crippen molar-refractivity contribution in [3.63, 3.8) is 0 Å². The van der Waals surface area contributed by atoms with E-state index >= 15 is 0 Å². The monoisotopic (exact) mass is 138 g/mol. The molecule has 2 aliphatic carbocycles. The topological polar surface area (TPSA) is 12.5 Å². The van der Waals surface area contributed by atoms with Crippen LogP contribution in [0.25, 0.3) is 0 Å². The zero-order valence-corrected chi connectivity index (χ0v) is 6.25. The third-order valence-electron chi connectivity index (χ3n) is 3.63. The molecule has 0 aromatic rings. The fraction of sp³-hybridized carbons (Fsp3) is 1.00. The van der Waals surface area contributed by atoms with Crippen molar-refractivity contribution in [1.29, 1.82) is 0 Å². The Hall–Kier alpha value is -0.0400. The molecule has 0 amide bonds. The molecule has 10 heavy (non-hydrogen) atoms. The molecule has 3 aliphatic rings. The van der Waals surface area contributed by atoms with E-state index in [4.69, 9.17) is 4.74 Å². The lowest BCUT2D eigenvalue weighted by Crippen LogP contribution is -2.15. The maximum absolute atomic E-state index is 5.35. The maximum Gasteiger partial charge on any atom is 0.0840 e. The summed E-state index contributed by atoms with van der Waals surface area (Å²) in [7, 11) is 0. The second-order valence-electron chi connectivity index (χ2n) is 4.21. The Morgan fingerprint density at radius 1 is 1.10 bits per heavy atom. The third kappa shape index (κ3) is 0.672. The minimum Gasteiger partial charge on any atom is -0.373 e. The first kappa shape index (κ1) is 5.59. The zero-order chi connectivity index (χ0) is 6.55. The van der Waals surface area contributed by atoms with Gasteiger partial charge in [-0.25, -0.2) is 0 Å². The molecule has 0 radical (unpaired) electrons. The van der Waals surface area contributed by atoms with Crippen LogP contribution in [0.1, 0.15) is 25.7 Å². The molecule has 0 N–H and O–H groups in total. The summed E-state index contributed by atoms with van der Waals surface area (Å²) in [5.74, 6) is 3.15. The van der Waals surface area contributed by atoms with Gasteiger partial charge in [0.2, 0.25) is 0 Å². The lowest BCUT2D eigenvalue weighted by molar-refractivity contribution is 0.249. The SMILES string of the molecule is C1CC2CC1CC2[C@H]1CO1. The van der Waals surface area contributed by atoms with Crippen molar-refractivity contribution < 1.29 is 4.74 Å². The number of ether oxygens (including phenoxy) is 1. The van der Waals surface area contributed by atoms with E-state index in [2.05, 4.69) is 0 Å². The van der Waals surface area contributed by atoms with Crippen LogP contribution in [-0.2, 0) is 4.74 Å². The summed E-state index contributed by atoms with van der Waals surface area (Å²) in [6.45, 7) is 1.08. The molecule has 1 heteroatoms. The van der Waals surface area contributed by atoms with Gasteiger partial charge in [0.15, 0.2) is 0 Å². The summed E-state index contributed by atoms with van der Waals surface area (Å²) in [5, 5.41) is 0. The van der Waals surface area contributed by atoms with Crippen LogP contribution in [0.2, 0.25) is 0 Å². The van der Waals surface area contributed by atoms with Crippen molar-refractivity contribution in [1.82, 2.24) is 0 Å². The van der Waals surface area contributed by atoms with Crippen molar-refractivity contribution in [2.24, 2.45) is 17.8 Å². The van der Waals surface area contributed by atoms with Crippen LogP contribution in [0.4, 0.5) is 0 Å². The first-order valence-electron chi connectivity index (χ1n) is 4.55. The molecule has 3 fully saturated rings. The van der Waals surface area contributed by atoms with E-state index in [1.54, 1.807) is 0 Å². The van der Waals surface area contributed by atoms with Gasteiger partial charge in [-0.1, -0.05) is 6.42 Å². The van der Waals surface area contributed by atoms with E-state index < -0.39 is 0 Å². The lowest BCUT2D eigenvalue weighted by Gasteiger charge is -2.18. The summed E-state index contributed by atoms with van der Waals surface area (Å²) < 4.78 is 5.35. The maximum atomic E-state index is 5.35. The van der Waals surface area contributed by atoms with Crippen molar-refractivity contribution >= 4 is 0 Å². The van der Waals surface area contributed by atoms with Gasteiger partial charge in [-0.05, 0) is 37.0 Å². The molecular weight excluding hydrogens is 124 g/mol. The van der Waals surface area contributed by atoms with Crippen molar-refractivity contribution in [3.05, 3.63) is 0 Å². The molecule has 3 unspecified atom stereocenters. The molecule has 0 aromatic heterocycles.